The molecule has 0 aliphatic heterocycles. The van der Waals surface area contributed by atoms with E-state index in [9.17, 15) is 4.79 Å². The van der Waals surface area contributed by atoms with Crippen LogP contribution in [0.15, 0.2) is 29.2 Å². The van der Waals surface area contributed by atoms with Crippen LogP contribution in [0.2, 0.25) is 0 Å². The van der Waals surface area contributed by atoms with Gasteiger partial charge in [0.25, 0.3) is 0 Å². The van der Waals surface area contributed by atoms with Crippen molar-refractivity contribution >= 4 is 29.1 Å². The fraction of sp³-hybridized carbons (Fsp3) is 0.364. The molecular weight excluding hydrogens is 216 g/mol. The summed E-state index contributed by atoms with van der Waals surface area (Å²) >= 11 is 7.24. The van der Waals surface area contributed by atoms with Gasteiger partial charge in [0.2, 0.25) is 0 Å². The molecule has 0 N–H and O–H groups in total. The molecule has 0 saturated heterocycles. The Morgan fingerprint density at radius 1 is 1.36 bits per heavy atom. The lowest BCUT2D eigenvalue weighted by molar-refractivity contribution is 0.102. The van der Waals surface area contributed by atoms with Gasteiger partial charge in [-0.25, -0.2) is 0 Å². The molecule has 0 heterocycles. The molecule has 14 heavy (non-hydrogen) atoms. The molecule has 0 atom stereocenters. The Kier molecular flexibility index (Phi) is 4.49. The first kappa shape index (κ1) is 11.6. The zero-order chi connectivity index (χ0) is 10.6. The maximum atomic E-state index is 11.2. The van der Waals surface area contributed by atoms with Gasteiger partial charge in [-0.1, -0.05) is 26.0 Å². The van der Waals surface area contributed by atoms with Crippen LogP contribution in [-0.2, 0) is 0 Å². The standard InChI is InChI=1S/C11H13ClOS/c1-8(2)14-10-5-3-9(4-6-10)11(13)7-12/h3-6,8H,7H2,1-2H3. The molecule has 76 valence electrons. The Morgan fingerprint density at radius 2 is 1.93 bits per heavy atom. The lowest BCUT2D eigenvalue weighted by Gasteiger charge is -2.04. The Balaban J connectivity index is 2.73. The minimum absolute atomic E-state index is 0.0206. The van der Waals surface area contributed by atoms with Crippen LogP contribution in [0.1, 0.15) is 24.2 Å². The lowest BCUT2D eigenvalue weighted by Crippen LogP contribution is -1.99. The summed E-state index contributed by atoms with van der Waals surface area (Å²) in [6.07, 6.45) is 0. The Bertz CT molecular complexity index is 306. The van der Waals surface area contributed by atoms with Crippen molar-refractivity contribution in [2.24, 2.45) is 0 Å². The molecule has 0 amide bonds. The summed E-state index contributed by atoms with van der Waals surface area (Å²) in [6, 6.07) is 7.58. The van der Waals surface area contributed by atoms with Crippen molar-refractivity contribution in [3.63, 3.8) is 0 Å². The molecule has 1 nitrogen and oxygen atoms in total. The normalized spacial score (nSPS) is 10.6. The highest BCUT2D eigenvalue weighted by Gasteiger charge is 2.04. The average Bonchev–Trinajstić information content (AvgIpc) is 2.17. The minimum atomic E-state index is -0.0206. The molecule has 0 aliphatic carbocycles. The summed E-state index contributed by atoms with van der Waals surface area (Å²) < 4.78 is 0. The Hall–Kier alpha value is -0.470. The number of carbonyl (C=O) groups excluding carboxylic acids is 1. The highest BCUT2D eigenvalue weighted by molar-refractivity contribution is 7.99. The van der Waals surface area contributed by atoms with Crippen LogP contribution in [0.5, 0.6) is 0 Å². The van der Waals surface area contributed by atoms with E-state index in [1.165, 1.54) is 4.90 Å². The van der Waals surface area contributed by atoms with Crippen LogP contribution >= 0.6 is 23.4 Å². The highest BCUT2D eigenvalue weighted by Crippen LogP contribution is 2.22. The number of alkyl halides is 1. The second-order valence-corrected chi connectivity index (χ2v) is 5.16. The fourth-order valence-electron chi connectivity index (χ4n) is 1.07. The van der Waals surface area contributed by atoms with Crippen molar-refractivity contribution in [1.82, 2.24) is 0 Å². The third kappa shape index (κ3) is 3.35. The van der Waals surface area contributed by atoms with Crippen molar-refractivity contribution in [2.45, 2.75) is 24.0 Å². The summed E-state index contributed by atoms with van der Waals surface area (Å²) in [5, 5.41) is 0.560. The van der Waals surface area contributed by atoms with Gasteiger partial charge in [0.15, 0.2) is 5.78 Å². The molecule has 0 unspecified atom stereocenters. The second kappa shape index (κ2) is 5.42. The van der Waals surface area contributed by atoms with E-state index in [1.807, 2.05) is 24.3 Å². The van der Waals surface area contributed by atoms with Crippen LogP contribution < -0.4 is 0 Å². The third-order valence-electron chi connectivity index (χ3n) is 1.67. The number of ketones is 1. The van der Waals surface area contributed by atoms with Crippen LogP contribution in [0.4, 0.5) is 0 Å². The molecule has 1 aromatic rings. The van der Waals surface area contributed by atoms with E-state index >= 15 is 0 Å². The Morgan fingerprint density at radius 3 is 2.36 bits per heavy atom. The monoisotopic (exact) mass is 228 g/mol. The zero-order valence-electron chi connectivity index (χ0n) is 8.29. The molecule has 1 rings (SSSR count). The predicted molar refractivity (Wildman–Crippen MR) is 62.5 cm³/mol. The minimum Gasteiger partial charge on any atom is -0.293 e. The highest BCUT2D eigenvalue weighted by atomic mass is 35.5. The summed E-state index contributed by atoms with van der Waals surface area (Å²) in [7, 11) is 0. The molecule has 0 fully saturated rings. The van der Waals surface area contributed by atoms with Gasteiger partial charge in [-0.05, 0) is 12.1 Å². The van der Waals surface area contributed by atoms with Crippen molar-refractivity contribution in [3.8, 4) is 0 Å². The maximum absolute atomic E-state index is 11.2. The number of halogens is 1. The van der Waals surface area contributed by atoms with Gasteiger partial charge in [0, 0.05) is 15.7 Å². The van der Waals surface area contributed by atoms with Crippen LogP contribution in [0.3, 0.4) is 0 Å². The van der Waals surface area contributed by atoms with E-state index in [1.54, 1.807) is 11.8 Å². The average molecular weight is 229 g/mol. The number of hydrogen-bond donors (Lipinski definition) is 0. The summed E-state index contributed by atoms with van der Waals surface area (Å²) in [5.41, 5.74) is 0.688. The first-order chi connectivity index (χ1) is 6.63. The van der Waals surface area contributed by atoms with Crippen LogP contribution in [0.25, 0.3) is 0 Å². The first-order valence-corrected chi connectivity index (χ1v) is 5.91. The van der Waals surface area contributed by atoms with E-state index in [-0.39, 0.29) is 11.7 Å². The molecule has 0 aromatic heterocycles. The Labute approximate surface area is 93.8 Å². The van der Waals surface area contributed by atoms with E-state index in [2.05, 4.69) is 13.8 Å². The van der Waals surface area contributed by atoms with Gasteiger partial charge in [-0.3, -0.25) is 4.79 Å². The molecule has 0 spiro atoms. The van der Waals surface area contributed by atoms with Gasteiger partial charge >= 0.3 is 0 Å². The second-order valence-electron chi connectivity index (χ2n) is 3.25. The first-order valence-electron chi connectivity index (χ1n) is 4.49. The van der Waals surface area contributed by atoms with E-state index < -0.39 is 0 Å². The molecule has 0 radical (unpaired) electrons. The topological polar surface area (TPSA) is 17.1 Å². The quantitative estimate of drug-likeness (QED) is 0.445. The molecular formula is C11H13ClOS. The maximum Gasteiger partial charge on any atom is 0.177 e. The van der Waals surface area contributed by atoms with E-state index in [4.69, 9.17) is 11.6 Å². The fourth-order valence-corrected chi connectivity index (χ4v) is 2.06. The summed E-state index contributed by atoms with van der Waals surface area (Å²) in [4.78, 5) is 12.4. The molecule has 0 aliphatic rings. The van der Waals surface area contributed by atoms with Crippen molar-refractivity contribution in [3.05, 3.63) is 29.8 Å². The summed E-state index contributed by atoms with van der Waals surface area (Å²) in [6.45, 7) is 4.28. The third-order valence-corrected chi connectivity index (χ3v) is 2.93. The number of benzene rings is 1. The smallest absolute Gasteiger partial charge is 0.177 e. The SMILES string of the molecule is CC(C)Sc1ccc(C(=O)CCl)cc1. The predicted octanol–water partition coefficient (Wildman–Crippen LogP) is 3.61. The number of rotatable bonds is 4. The van der Waals surface area contributed by atoms with Crippen molar-refractivity contribution in [1.29, 1.82) is 0 Å². The molecule has 0 saturated carbocycles. The van der Waals surface area contributed by atoms with Crippen LogP contribution in [-0.4, -0.2) is 16.9 Å². The largest absolute Gasteiger partial charge is 0.293 e. The molecule has 0 bridgehead atoms. The molecule has 3 heteroatoms. The van der Waals surface area contributed by atoms with Crippen molar-refractivity contribution < 1.29 is 4.79 Å². The zero-order valence-corrected chi connectivity index (χ0v) is 9.86. The number of carbonyl (C=O) groups is 1. The van der Waals surface area contributed by atoms with Gasteiger partial charge in [0.05, 0.1) is 5.88 Å². The number of thioether (sulfide) groups is 1. The van der Waals surface area contributed by atoms with E-state index in [0.717, 1.165) is 0 Å². The van der Waals surface area contributed by atoms with Gasteiger partial charge in [-0.2, -0.15) is 0 Å². The van der Waals surface area contributed by atoms with Gasteiger partial charge in [0.1, 0.15) is 0 Å². The molecule has 1 aromatic carbocycles. The van der Waals surface area contributed by atoms with Gasteiger partial charge < -0.3 is 0 Å². The summed E-state index contributed by atoms with van der Waals surface area (Å²) in [5.74, 6) is 0.0317. The number of hydrogen-bond acceptors (Lipinski definition) is 2. The van der Waals surface area contributed by atoms with Crippen molar-refractivity contribution in [2.75, 3.05) is 5.88 Å². The lowest BCUT2D eigenvalue weighted by atomic mass is 10.1. The number of Topliss-reactive ketones (excluding diaryl/α,β-unsaturated/α-hetero) is 1. The van der Waals surface area contributed by atoms with Crippen LogP contribution in [0, 0.1) is 0 Å². The van der Waals surface area contributed by atoms with E-state index in [0.29, 0.717) is 10.8 Å². The van der Waals surface area contributed by atoms with Gasteiger partial charge in [-0.15, -0.1) is 23.4 Å².